The Balaban J connectivity index is 4.30. The van der Waals surface area contributed by atoms with Crippen LogP contribution in [-0.2, 0) is 4.79 Å². The second-order valence-corrected chi connectivity index (χ2v) is 6.54. The summed E-state index contributed by atoms with van der Waals surface area (Å²) in [4.78, 5) is 14.0. The van der Waals surface area contributed by atoms with Crippen LogP contribution < -0.4 is 5.73 Å². The number of nitrogens with two attached hydrogens (primary N) is 1. The molecule has 3 nitrogen and oxygen atoms in total. The van der Waals surface area contributed by atoms with Crippen molar-refractivity contribution in [1.82, 2.24) is 4.90 Å². The van der Waals surface area contributed by atoms with Crippen LogP contribution >= 0.6 is 0 Å². The summed E-state index contributed by atoms with van der Waals surface area (Å²) in [5.74, 6) is 0.670. The Morgan fingerprint density at radius 1 is 1.24 bits per heavy atom. The first-order chi connectivity index (χ1) is 7.67. The summed E-state index contributed by atoms with van der Waals surface area (Å²) in [6.07, 6.45) is 1.71. The van der Waals surface area contributed by atoms with Crippen LogP contribution in [0.25, 0.3) is 0 Å². The minimum absolute atomic E-state index is 0.238. The molecule has 0 heterocycles. The summed E-state index contributed by atoms with van der Waals surface area (Å²) in [6, 6.07) is 0.243. The molecule has 0 aliphatic carbocycles. The molecule has 3 heteroatoms. The largest absolute Gasteiger partial charge is 0.339 e. The topological polar surface area (TPSA) is 46.3 Å². The highest BCUT2D eigenvalue weighted by atomic mass is 16.2. The van der Waals surface area contributed by atoms with Crippen LogP contribution in [0, 0.1) is 11.3 Å². The lowest BCUT2D eigenvalue weighted by molar-refractivity contribution is -0.133. The minimum Gasteiger partial charge on any atom is -0.339 e. The molecule has 1 atom stereocenters. The Bertz CT molecular complexity index is 231. The van der Waals surface area contributed by atoms with Crippen LogP contribution in [0.15, 0.2) is 0 Å². The number of carbonyl (C=O) groups excluding carboxylic acids is 1. The zero-order valence-electron chi connectivity index (χ0n) is 12.4. The smallest absolute Gasteiger partial charge is 0.223 e. The summed E-state index contributed by atoms with van der Waals surface area (Å²) >= 11 is 0. The molecule has 0 rings (SSSR count). The predicted molar refractivity (Wildman–Crippen MR) is 73.8 cm³/mol. The zero-order valence-corrected chi connectivity index (χ0v) is 12.4. The first-order valence-electron chi connectivity index (χ1n) is 6.67. The van der Waals surface area contributed by atoms with Gasteiger partial charge in [0.25, 0.3) is 0 Å². The van der Waals surface area contributed by atoms with Gasteiger partial charge in [0.05, 0.1) is 0 Å². The molecule has 0 fully saturated rings. The zero-order chi connectivity index (χ0) is 13.6. The summed E-state index contributed by atoms with van der Waals surface area (Å²) < 4.78 is 0. The monoisotopic (exact) mass is 242 g/mol. The predicted octanol–water partition coefficient (Wildman–Crippen LogP) is 2.64. The number of hydrogen-bond donors (Lipinski definition) is 1. The van der Waals surface area contributed by atoms with Gasteiger partial charge in [0.15, 0.2) is 0 Å². The standard InChI is InChI=1S/C14H30N2O/c1-11(2)16(8-7-15)13(17)9-12(3)10-14(4,5)6/h11-12H,7-10,15H2,1-6H3. The average molecular weight is 242 g/mol. The molecule has 2 N–H and O–H groups in total. The fourth-order valence-electron chi connectivity index (χ4n) is 2.34. The van der Waals surface area contributed by atoms with E-state index in [0.29, 0.717) is 25.4 Å². The third-order valence-electron chi connectivity index (χ3n) is 2.80. The molecule has 0 aromatic heterocycles. The van der Waals surface area contributed by atoms with Gasteiger partial charge in [-0.05, 0) is 31.6 Å². The summed E-state index contributed by atoms with van der Waals surface area (Å²) in [5, 5.41) is 0. The van der Waals surface area contributed by atoms with Crippen LogP contribution in [0.3, 0.4) is 0 Å². The molecule has 0 aromatic rings. The summed E-state index contributed by atoms with van der Waals surface area (Å²) in [6.45, 7) is 14.1. The van der Waals surface area contributed by atoms with Crippen LogP contribution in [0.4, 0.5) is 0 Å². The maximum Gasteiger partial charge on any atom is 0.223 e. The van der Waals surface area contributed by atoms with E-state index in [1.165, 1.54) is 0 Å². The highest BCUT2D eigenvalue weighted by molar-refractivity contribution is 5.76. The molecular formula is C14H30N2O. The first kappa shape index (κ1) is 16.4. The van der Waals surface area contributed by atoms with Crippen molar-refractivity contribution in [2.45, 2.75) is 60.4 Å². The molecule has 0 bridgehead atoms. The number of amides is 1. The van der Waals surface area contributed by atoms with Gasteiger partial charge in [0.1, 0.15) is 0 Å². The van der Waals surface area contributed by atoms with Gasteiger partial charge < -0.3 is 10.6 Å². The quantitative estimate of drug-likeness (QED) is 0.778. The molecule has 1 unspecified atom stereocenters. The van der Waals surface area contributed by atoms with Crippen LogP contribution in [0.1, 0.15) is 54.4 Å². The van der Waals surface area contributed by atoms with Gasteiger partial charge in [0.2, 0.25) is 5.91 Å². The van der Waals surface area contributed by atoms with E-state index >= 15 is 0 Å². The normalized spacial score (nSPS) is 13.9. The van der Waals surface area contributed by atoms with Crippen molar-refractivity contribution < 1.29 is 4.79 Å². The van der Waals surface area contributed by atoms with Crippen molar-refractivity contribution in [2.24, 2.45) is 17.1 Å². The lowest BCUT2D eigenvalue weighted by Crippen LogP contribution is -2.41. The van der Waals surface area contributed by atoms with Gasteiger partial charge in [0, 0.05) is 25.6 Å². The highest BCUT2D eigenvalue weighted by Gasteiger charge is 2.21. The molecule has 0 spiro atoms. The van der Waals surface area contributed by atoms with Crippen LogP contribution in [0.2, 0.25) is 0 Å². The molecule has 1 amide bonds. The van der Waals surface area contributed by atoms with Gasteiger partial charge in [-0.3, -0.25) is 4.79 Å². The van der Waals surface area contributed by atoms with Crippen molar-refractivity contribution in [1.29, 1.82) is 0 Å². The van der Waals surface area contributed by atoms with E-state index in [9.17, 15) is 4.79 Å². The second kappa shape index (κ2) is 7.00. The van der Waals surface area contributed by atoms with Crippen LogP contribution in [-0.4, -0.2) is 29.9 Å². The lowest BCUT2D eigenvalue weighted by Gasteiger charge is -2.29. The first-order valence-corrected chi connectivity index (χ1v) is 6.67. The van der Waals surface area contributed by atoms with E-state index in [1.807, 2.05) is 18.7 Å². The third-order valence-corrected chi connectivity index (χ3v) is 2.80. The summed E-state index contributed by atoms with van der Waals surface area (Å²) in [5.41, 5.74) is 5.83. The molecule has 0 aromatic carbocycles. The van der Waals surface area contributed by atoms with E-state index in [1.54, 1.807) is 0 Å². The van der Waals surface area contributed by atoms with E-state index < -0.39 is 0 Å². The Morgan fingerprint density at radius 2 is 1.76 bits per heavy atom. The number of nitrogens with zero attached hydrogens (tertiary/aromatic N) is 1. The van der Waals surface area contributed by atoms with E-state index in [-0.39, 0.29) is 17.4 Å². The Kier molecular flexibility index (Phi) is 6.76. The van der Waals surface area contributed by atoms with E-state index in [2.05, 4.69) is 27.7 Å². The molecule has 0 saturated carbocycles. The Hall–Kier alpha value is -0.570. The lowest BCUT2D eigenvalue weighted by atomic mass is 9.84. The number of hydrogen-bond acceptors (Lipinski definition) is 2. The molecular weight excluding hydrogens is 212 g/mol. The van der Waals surface area contributed by atoms with Gasteiger partial charge in [-0.15, -0.1) is 0 Å². The molecule has 0 saturated heterocycles. The maximum absolute atomic E-state index is 12.1. The maximum atomic E-state index is 12.1. The molecule has 17 heavy (non-hydrogen) atoms. The van der Waals surface area contributed by atoms with Crippen molar-refractivity contribution in [2.75, 3.05) is 13.1 Å². The van der Waals surface area contributed by atoms with E-state index in [4.69, 9.17) is 5.73 Å². The molecule has 102 valence electrons. The number of rotatable bonds is 6. The van der Waals surface area contributed by atoms with Crippen molar-refractivity contribution >= 4 is 5.91 Å². The Labute approximate surface area is 107 Å². The van der Waals surface area contributed by atoms with E-state index in [0.717, 1.165) is 6.42 Å². The van der Waals surface area contributed by atoms with Gasteiger partial charge in [-0.25, -0.2) is 0 Å². The average Bonchev–Trinajstić information content (AvgIpc) is 2.09. The summed E-state index contributed by atoms with van der Waals surface area (Å²) in [7, 11) is 0. The molecule has 0 radical (unpaired) electrons. The Morgan fingerprint density at radius 3 is 2.12 bits per heavy atom. The third kappa shape index (κ3) is 7.37. The number of carbonyl (C=O) groups is 1. The second-order valence-electron chi connectivity index (χ2n) is 6.54. The van der Waals surface area contributed by atoms with Gasteiger partial charge >= 0.3 is 0 Å². The van der Waals surface area contributed by atoms with Crippen molar-refractivity contribution in [3.05, 3.63) is 0 Å². The van der Waals surface area contributed by atoms with Crippen molar-refractivity contribution in [3.63, 3.8) is 0 Å². The highest BCUT2D eigenvalue weighted by Crippen LogP contribution is 2.26. The van der Waals surface area contributed by atoms with Gasteiger partial charge in [-0.1, -0.05) is 27.7 Å². The minimum atomic E-state index is 0.238. The van der Waals surface area contributed by atoms with Crippen molar-refractivity contribution in [3.8, 4) is 0 Å². The molecule has 0 aliphatic heterocycles. The SMILES string of the molecule is CC(CC(=O)N(CCN)C(C)C)CC(C)(C)C. The fraction of sp³-hybridized carbons (Fsp3) is 0.929. The fourth-order valence-corrected chi connectivity index (χ4v) is 2.34. The van der Waals surface area contributed by atoms with Gasteiger partial charge in [-0.2, -0.15) is 0 Å². The van der Waals surface area contributed by atoms with Crippen LogP contribution in [0.5, 0.6) is 0 Å². The molecule has 0 aliphatic rings.